The number of aromatic nitrogens is 1. The summed E-state index contributed by atoms with van der Waals surface area (Å²) in [4.78, 5) is 3.56. The average Bonchev–Trinajstić information content (AvgIpc) is 1.69. The van der Waals surface area contributed by atoms with Crippen LogP contribution in [0.2, 0.25) is 0 Å². The van der Waals surface area contributed by atoms with Crippen LogP contribution in [0.1, 0.15) is 0 Å². The smallest absolute Gasteiger partial charge is 0.119 e. The molecule has 1 radical (unpaired) electrons. The molecule has 1 heterocycles. The molecule has 35 valence electrons. The molecule has 0 atom stereocenters. The Morgan fingerprint density at radius 2 is 2.57 bits per heavy atom. The summed E-state index contributed by atoms with van der Waals surface area (Å²) in [6.45, 7) is 0. The van der Waals surface area contributed by atoms with Crippen molar-refractivity contribution in [3.05, 3.63) is 24.5 Å². The maximum atomic E-state index is 8.56. The van der Waals surface area contributed by atoms with E-state index in [-0.39, 0.29) is 5.75 Å². The summed E-state index contributed by atoms with van der Waals surface area (Å²) in [6, 6.07) is 2.90. The number of hydrogen-bond acceptors (Lipinski definition) is 2. The fourth-order valence-corrected chi connectivity index (χ4v) is 0.308. The quantitative estimate of drug-likeness (QED) is 0.510. The second kappa shape index (κ2) is 1.60. The van der Waals surface area contributed by atoms with Crippen molar-refractivity contribution in [1.29, 1.82) is 0 Å². The minimum atomic E-state index is 0.204. The molecular formula is C5H4NO. The normalized spacial score (nSPS) is 8.57. The fourth-order valence-electron chi connectivity index (χ4n) is 0.308. The number of hydrogen-bond donors (Lipinski definition) is 1. The van der Waals surface area contributed by atoms with Crippen LogP contribution < -0.4 is 0 Å². The van der Waals surface area contributed by atoms with Gasteiger partial charge in [0.25, 0.3) is 0 Å². The van der Waals surface area contributed by atoms with E-state index in [2.05, 4.69) is 11.2 Å². The van der Waals surface area contributed by atoms with Gasteiger partial charge in [0.2, 0.25) is 0 Å². The largest absolute Gasteiger partial charge is 0.508 e. The number of pyridine rings is 1. The highest BCUT2D eigenvalue weighted by Gasteiger charge is 1.76. The van der Waals surface area contributed by atoms with Crippen LogP contribution in [0.25, 0.3) is 0 Å². The molecule has 0 aromatic carbocycles. The first-order valence-corrected chi connectivity index (χ1v) is 1.90. The zero-order chi connectivity index (χ0) is 5.11. The van der Waals surface area contributed by atoms with Crippen LogP contribution in [-0.2, 0) is 0 Å². The lowest BCUT2D eigenvalue weighted by molar-refractivity contribution is 0.474. The van der Waals surface area contributed by atoms with Gasteiger partial charge in [0, 0.05) is 12.3 Å². The number of rotatable bonds is 0. The molecule has 7 heavy (non-hydrogen) atoms. The van der Waals surface area contributed by atoms with Gasteiger partial charge in [0.15, 0.2) is 0 Å². The number of aromatic hydroxyl groups is 1. The van der Waals surface area contributed by atoms with Crippen molar-refractivity contribution in [2.45, 2.75) is 0 Å². The second-order valence-corrected chi connectivity index (χ2v) is 1.14. The van der Waals surface area contributed by atoms with E-state index >= 15 is 0 Å². The molecule has 0 aliphatic rings. The Kier molecular flexibility index (Phi) is 0.941. The van der Waals surface area contributed by atoms with Gasteiger partial charge in [-0.3, -0.25) is 4.98 Å². The van der Waals surface area contributed by atoms with Crippen molar-refractivity contribution < 1.29 is 5.11 Å². The first-order valence-electron chi connectivity index (χ1n) is 1.90. The zero-order valence-corrected chi connectivity index (χ0v) is 3.63. The van der Waals surface area contributed by atoms with Crippen LogP contribution in [0, 0.1) is 6.20 Å². The van der Waals surface area contributed by atoms with Gasteiger partial charge in [0.05, 0.1) is 6.20 Å². The van der Waals surface area contributed by atoms with Crippen molar-refractivity contribution in [3.8, 4) is 5.75 Å². The standard InChI is InChI=1S/C5H4NO/c7-5-1-3-6-4-2-5/h1-3H,(H,6,7). The summed E-state index contributed by atoms with van der Waals surface area (Å²) >= 11 is 0. The predicted molar refractivity (Wildman–Crippen MR) is 24.7 cm³/mol. The van der Waals surface area contributed by atoms with E-state index in [0.29, 0.717) is 0 Å². The van der Waals surface area contributed by atoms with Crippen molar-refractivity contribution in [2.24, 2.45) is 0 Å². The van der Waals surface area contributed by atoms with Gasteiger partial charge < -0.3 is 5.11 Å². The van der Waals surface area contributed by atoms with Crippen molar-refractivity contribution >= 4 is 0 Å². The van der Waals surface area contributed by atoms with E-state index in [1.165, 1.54) is 18.3 Å². The topological polar surface area (TPSA) is 33.1 Å². The van der Waals surface area contributed by atoms with Gasteiger partial charge >= 0.3 is 0 Å². The third-order valence-electron chi connectivity index (χ3n) is 0.607. The van der Waals surface area contributed by atoms with E-state index in [1.54, 1.807) is 0 Å². The lowest BCUT2D eigenvalue weighted by atomic mass is 10.5. The monoisotopic (exact) mass is 94.0 g/mol. The lowest BCUT2D eigenvalue weighted by Crippen LogP contribution is -1.64. The fraction of sp³-hybridized carbons (Fsp3) is 0. The lowest BCUT2D eigenvalue weighted by Gasteiger charge is -1.81. The third-order valence-corrected chi connectivity index (χ3v) is 0.607. The molecule has 0 saturated carbocycles. The van der Waals surface area contributed by atoms with Gasteiger partial charge in [-0.1, -0.05) is 0 Å². The molecule has 2 nitrogen and oxygen atoms in total. The Balaban J connectivity index is 3.02. The molecule has 0 fully saturated rings. The highest BCUT2D eigenvalue weighted by atomic mass is 16.3. The van der Waals surface area contributed by atoms with E-state index in [9.17, 15) is 0 Å². The molecule has 0 aliphatic heterocycles. The van der Waals surface area contributed by atoms with Crippen molar-refractivity contribution in [1.82, 2.24) is 4.98 Å². The molecule has 0 aliphatic carbocycles. The Labute approximate surface area is 41.4 Å². The Hall–Kier alpha value is -1.05. The summed E-state index contributed by atoms with van der Waals surface area (Å²) in [7, 11) is 0. The Bertz CT molecular complexity index is 138. The number of nitrogens with zero attached hydrogens (tertiary/aromatic N) is 1. The summed E-state index contributed by atoms with van der Waals surface area (Å²) in [6.07, 6.45) is 3.94. The van der Waals surface area contributed by atoms with Gasteiger partial charge in [-0.15, -0.1) is 0 Å². The maximum Gasteiger partial charge on any atom is 0.119 e. The van der Waals surface area contributed by atoms with Crippen LogP contribution >= 0.6 is 0 Å². The highest BCUT2D eigenvalue weighted by Crippen LogP contribution is 2.00. The Morgan fingerprint density at radius 1 is 1.71 bits per heavy atom. The van der Waals surface area contributed by atoms with Crippen LogP contribution in [0.5, 0.6) is 5.75 Å². The highest BCUT2D eigenvalue weighted by molar-refractivity contribution is 5.13. The van der Waals surface area contributed by atoms with Gasteiger partial charge in [0.1, 0.15) is 5.75 Å². The molecule has 0 amide bonds. The van der Waals surface area contributed by atoms with Crippen LogP contribution in [-0.4, -0.2) is 10.1 Å². The molecule has 0 spiro atoms. The Morgan fingerprint density at radius 3 is 2.86 bits per heavy atom. The second-order valence-electron chi connectivity index (χ2n) is 1.14. The minimum Gasteiger partial charge on any atom is -0.508 e. The summed E-state index contributed by atoms with van der Waals surface area (Å²) in [5, 5.41) is 8.56. The van der Waals surface area contributed by atoms with Crippen LogP contribution in [0.4, 0.5) is 0 Å². The molecule has 1 N–H and O–H groups in total. The molecule has 0 saturated heterocycles. The summed E-state index contributed by atoms with van der Waals surface area (Å²) in [5.74, 6) is 0.204. The first-order chi connectivity index (χ1) is 3.39. The maximum absolute atomic E-state index is 8.56. The van der Waals surface area contributed by atoms with E-state index < -0.39 is 0 Å². The molecular weight excluding hydrogens is 90.1 g/mol. The zero-order valence-electron chi connectivity index (χ0n) is 3.63. The van der Waals surface area contributed by atoms with E-state index in [4.69, 9.17) is 5.11 Å². The summed E-state index contributed by atoms with van der Waals surface area (Å²) in [5.41, 5.74) is 0. The molecule has 1 rings (SSSR count). The molecule has 0 unspecified atom stereocenters. The molecule has 1 aromatic rings. The van der Waals surface area contributed by atoms with Crippen LogP contribution in [0.3, 0.4) is 0 Å². The minimum absolute atomic E-state index is 0.204. The summed E-state index contributed by atoms with van der Waals surface area (Å²) < 4.78 is 0. The van der Waals surface area contributed by atoms with Crippen molar-refractivity contribution in [3.63, 3.8) is 0 Å². The van der Waals surface area contributed by atoms with E-state index in [0.717, 1.165) is 0 Å². The van der Waals surface area contributed by atoms with Gasteiger partial charge in [-0.05, 0) is 6.07 Å². The predicted octanol–water partition coefficient (Wildman–Crippen LogP) is 0.587. The third kappa shape index (κ3) is 0.892. The van der Waals surface area contributed by atoms with Gasteiger partial charge in [-0.2, -0.15) is 0 Å². The molecule has 0 bridgehead atoms. The van der Waals surface area contributed by atoms with Crippen LogP contribution in [0.15, 0.2) is 18.3 Å². The van der Waals surface area contributed by atoms with Gasteiger partial charge in [-0.25, -0.2) is 0 Å². The molecule has 2 heteroatoms. The average molecular weight is 94.1 g/mol. The SMILES string of the molecule is Oc1c[c]ncc1. The van der Waals surface area contributed by atoms with Crippen molar-refractivity contribution in [2.75, 3.05) is 0 Å². The first kappa shape index (κ1) is 4.12. The van der Waals surface area contributed by atoms with E-state index in [1.807, 2.05) is 0 Å². The molecule has 1 aromatic heterocycles.